The highest BCUT2D eigenvalue weighted by Crippen LogP contribution is 2.24. The summed E-state index contributed by atoms with van der Waals surface area (Å²) in [6.45, 7) is 3.33. The van der Waals surface area contributed by atoms with E-state index >= 15 is 0 Å². The lowest BCUT2D eigenvalue weighted by Gasteiger charge is -2.21. The monoisotopic (exact) mass is 328 g/mol. The number of rotatable bonds is 5. The zero-order valence-electron chi connectivity index (χ0n) is 12.7. The summed E-state index contributed by atoms with van der Waals surface area (Å²) in [4.78, 5) is 0.417. The summed E-state index contributed by atoms with van der Waals surface area (Å²) in [7, 11) is -1.46. The van der Waals surface area contributed by atoms with Gasteiger partial charge in [0.2, 0.25) is 10.0 Å². The Labute approximate surface area is 132 Å². The molecule has 1 fully saturated rings. The van der Waals surface area contributed by atoms with Crippen molar-refractivity contribution in [2.45, 2.75) is 30.7 Å². The van der Waals surface area contributed by atoms with Gasteiger partial charge in [0.25, 0.3) is 0 Å². The van der Waals surface area contributed by atoms with Gasteiger partial charge in [-0.05, 0) is 43.3 Å². The summed E-state index contributed by atoms with van der Waals surface area (Å²) in [5.74, 6) is 1.93. The van der Waals surface area contributed by atoms with Crippen molar-refractivity contribution in [1.82, 2.24) is 9.62 Å². The minimum absolute atomic E-state index is 0.194. The topological polar surface area (TPSA) is 49.4 Å². The van der Waals surface area contributed by atoms with Gasteiger partial charge in [-0.2, -0.15) is 16.1 Å². The first kappa shape index (κ1) is 16.8. The van der Waals surface area contributed by atoms with Crippen molar-refractivity contribution in [2.24, 2.45) is 0 Å². The van der Waals surface area contributed by atoms with E-state index in [0.29, 0.717) is 18.0 Å². The standard InChI is InChI=1S/C15H24N2O2S2/c1-3-15(16-2)13-6-4-7-14(12-13)21(18,19)17-8-5-10-20-11-9-17/h4,6-7,12,15-16H,3,5,8-11H2,1-2H3. The van der Waals surface area contributed by atoms with Crippen LogP contribution in [0, 0.1) is 0 Å². The SMILES string of the molecule is CCC(NC)c1cccc(S(=O)(=O)N2CCCSCC2)c1. The molecule has 4 nitrogen and oxygen atoms in total. The number of thioether (sulfide) groups is 1. The third kappa shape index (κ3) is 4.00. The molecule has 0 saturated carbocycles. The van der Waals surface area contributed by atoms with Crippen molar-refractivity contribution in [2.75, 3.05) is 31.6 Å². The summed E-state index contributed by atoms with van der Waals surface area (Å²) in [5.41, 5.74) is 1.03. The smallest absolute Gasteiger partial charge is 0.243 e. The van der Waals surface area contributed by atoms with E-state index in [9.17, 15) is 8.42 Å². The van der Waals surface area contributed by atoms with Gasteiger partial charge in [-0.25, -0.2) is 8.42 Å². The molecular formula is C15H24N2O2S2. The fourth-order valence-electron chi connectivity index (χ4n) is 2.61. The van der Waals surface area contributed by atoms with Crippen LogP contribution in [0.15, 0.2) is 29.2 Å². The highest BCUT2D eigenvalue weighted by atomic mass is 32.2. The molecule has 0 bridgehead atoms. The van der Waals surface area contributed by atoms with E-state index in [1.54, 1.807) is 10.4 Å². The van der Waals surface area contributed by atoms with Crippen molar-refractivity contribution in [3.8, 4) is 0 Å². The zero-order chi connectivity index (χ0) is 15.3. The number of hydrogen-bond donors (Lipinski definition) is 1. The van der Waals surface area contributed by atoms with Crippen LogP contribution in [0.3, 0.4) is 0 Å². The second-order valence-electron chi connectivity index (χ2n) is 5.19. The fraction of sp³-hybridized carbons (Fsp3) is 0.600. The molecule has 0 aliphatic carbocycles. The maximum atomic E-state index is 12.8. The van der Waals surface area contributed by atoms with Gasteiger partial charge >= 0.3 is 0 Å². The van der Waals surface area contributed by atoms with Crippen LogP contribution in [-0.4, -0.2) is 44.4 Å². The van der Waals surface area contributed by atoms with Crippen LogP contribution in [0.25, 0.3) is 0 Å². The van der Waals surface area contributed by atoms with Crippen molar-refractivity contribution >= 4 is 21.8 Å². The Hall–Kier alpha value is -0.560. The van der Waals surface area contributed by atoms with Crippen LogP contribution in [0.2, 0.25) is 0 Å². The van der Waals surface area contributed by atoms with E-state index in [4.69, 9.17) is 0 Å². The number of nitrogens with one attached hydrogen (secondary N) is 1. The molecule has 1 N–H and O–H groups in total. The van der Waals surface area contributed by atoms with Crippen LogP contribution in [-0.2, 0) is 10.0 Å². The van der Waals surface area contributed by atoms with Gasteiger partial charge in [0.05, 0.1) is 4.90 Å². The lowest BCUT2D eigenvalue weighted by atomic mass is 10.1. The summed E-state index contributed by atoms with van der Waals surface area (Å²) in [6.07, 6.45) is 1.86. The number of hydrogen-bond acceptors (Lipinski definition) is 4. The third-order valence-electron chi connectivity index (χ3n) is 3.84. The summed E-state index contributed by atoms with van der Waals surface area (Å²) in [6, 6.07) is 7.55. The van der Waals surface area contributed by atoms with Gasteiger partial charge in [0.15, 0.2) is 0 Å². The quantitative estimate of drug-likeness (QED) is 0.902. The Morgan fingerprint density at radius 2 is 2.14 bits per heavy atom. The molecule has 6 heteroatoms. The van der Waals surface area contributed by atoms with Gasteiger partial charge in [-0.15, -0.1) is 0 Å². The molecule has 118 valence electrons. The van der Waals surface area contributed by atoms with Crippen LogP contribution >= 0.6 is 11.8 Å². The second-order valence-corrected chi connectivity index (χ2v) is 8.35. The molecule has 1 saturated heterocycles. The van der Waals surface area contributed by atoms with Crippen molar-refractivity contribution in [3.05, 3.63) is 29.8 Å². The van der Waals surface area contributed by atoms with Crippen LogP contribution < -0.4 is 5.32 Å². The molecule has 1 heterocycles. The first-order chi connectivity index (χ1) is 10.1. The normalized spacial score (nSPS) is 19.1. The number of benzene rings is 1. The van der Waals surface area contributed by atoms with E-state index in [2.05, 4.69) is 12.2 Å². The summed E-state index contributed by atoms with van der Waals surface area (Å²) < 4.78 is 27.2. The Kier molecular flexibility index (Phi) is 6.10. The average molecular weight is 329 g/mol. The predicted octanol–water partition coefficient (Wildman–Crippen LogP) is 2.48. The molecule has 1 atom stereocenters. The number of sulfonamides is 1. The molecule has 1 unspecified atom stereocenters. The molecule has 0 amide bonds. The molecular weight excluding hydrogens is 304 g/mol. The van der Waals surface area contributed by atoms with Crippen LogP contribution in [0.5, 0.6) is 0 Å². The van der Waals surface area contributed by atoms with Crippen LogP contribution in [0.1, 0.15) is 31.4 Å². The molecule has 0 radical (unpaired) electrons. The highest BCUT2D eigenvalue weighted by molar-refractivity contribution is 7.99. The van der Waals surface area contributed by atoms with Gasteiger partial charge < -0.3 is 5.32 Å². The first-order valence-electron chi connectivity index (χ1n) is 7.44. The Bertz CT molecular complexity index is 549. The van der Waals surface area contributed by atoms with Crippen molar-refractivity contribution in [3.63, 3.8) is 0 Å². The predicted molar refractivity (Wildman–Crippen MR) is 89.2 cm³/mol. The molecule has 1 aromatic carbocycles. The van der Waals surface area contributed by atoms with E-state index in [0.717, 1.165) is 29.9 Å². The minimum atomic E-state index is -3.37. The molecule has 1 aromatic rings. The van der Waals surface area contributed by atoms with E-state index in [-0.39, 0.29) is 6.04 Å². The minimum Gasteiger partial charge on any atom is -0.313 e. The van der Waals surface area contributed by atoms with E-state index < -0.39 is 10.0 Å². The molecule has 0 aromatic heterocycles. The van der Waals surface area contributed by atoms with Crippen molar-refractivity contribution in [1.29, 1.82) is 0 Å². The Balaban J connectivity index is 2.29. The highest BCUT2D eigenvalue weighted by Gasteiger charge is 2.25. The second kappa shape index (κ2) is 7.63. The first-order valence-corrected chi connectivity index (χ1v) is 10.0. The van der Waals surface area contributed by atoms with Gasteiger partial charge in [-0.3, -0.25) is 0 Å². The Morgan fingerprint density at radius 1 is 1.33 bits per heavy atom. The molecule has 0 spiro atoms. The molecule has 21 heavy (non-hydrogen) atoms. The molecule has 1 aliphatic heterocycles. The average Bonchev–Trinajstić information content (AvgIpc) is 2.78. The van der Waals surface area contributed by atoms with Crippen molar-refractivity contribution < 1.29 is 8.42 Å². The Morgan fingerprint density at radius 3 is 2.86 bits per heavy atom. The van der Waals surface area contributed by atoms with Gasteiger partial charge in [-0.1, -0.05) is 19.1 Å². The summed E-state index contributed by atoms with van der Waals surface area (Å²) >= 11 is 1.83. The fourth-order valence-corrected chi connectivity index (χ4v) is 5.15. The van der Waals surface area contributed by atoms with Gasteiger partial charge in [0, 0.05) is 24.9 Å². The largest absolute Gasteiger partial charge is 0.313 e. The molecule has 2 rings (SSSR count). The van der Waals surface area contributed by atoms with E-state index in [1.165, 1.54) is 0 Å². The van der Waals surface area contributed by atoms with E-state index in [1.807, 2.05) is 37.0 Å². The zero-order valence-corrected chi connectivity index (χ0v) is 14.3. The van der Waals surface area contributed by atoms with Crippen LogP contribution in [0.4, 0.5) is 0 Å². The van der Waals surface area contributed by atoms with Gasteiger partial charge in [0.1, 0.15) is 0 Å². The maximum Gasteiger partial charge on any atom is 0.243 e. The molecule has 1 aliphatic rings. The number of nitrogens with zero attached hydrogens (tertiary/aromatic N) is 1. The maximum absolute atomic E-state index is 12.8. The summed E-state index contributed by atoms with van der Waals surface area (Å²) in [5, 5.41) is 3.22. The lowest BCUT2D eigenvalue weighted by molar-refractivity contribution is 0.434. The lowest BCUT2D eigenvalue weighted by Crippen LogP contribution is -2.33. The third-order valence-corrected chi connectivity index (χ3v) is 6.78.